The first-order valence-corrected chi connectivity index (χ1v) is 8.36. The van der Waals surface area contributed by atoms with Crippen molar-refractivity contribution in [3.8, 4) is 0 Å². The summed E-state index contributed by atoms with van der Waals surface area (Å²) in [5.74, 6) is 0.0422. The molecule has 0 aliphatic rings. The molecule has 0 fully saturated rings. The smallest absolute Gasteiger partial charge is 0.241 e. The van der Waals surface area contributed by atoms with E-state index in [0.29, 0.717) is 13.1 Å². The van der Waals surface area contributed by atoms with Crippen LogP contribution in [0.25, 0.3) is 0 Å². The average Bonchev–Trinajstić information content (AvgIpc) is 2.56. The van der Waals surface area contributed by atoms with Gasteiger partial charge in [0.05, 0.1) is 13.2 Å². The van der Waals surface area contributed by atoms with E-state index >= 15 is 0 Å². The summed E-state index contributed by atoms with van der Waals surface area (Å²) in [5.41, 5.74) is 2.04. The van der Waals surface area contributed by atoms with Gasteiger partial charge in [-0.2, -0.15) is 0 Å². The summed E-state index contributed by atoms with van der Waals surface area (Å²) in [6.07, 6.45) is 0. The van der Waals surface area contributed by atoms with Gasteiger partial charge in [0.25, 0.3) is 0 Å². The second kappa shape index (κ2) is 9.21. The predicted octanol–water partition coefficient (Wildman–Crippen LogP) is 2.92. The lowest BCUT2D eigenvalue weighted by Crippen LogP contribution is -2.44. The predicted molar refractivity (Wildman–Crippen MR) is 97.9 cm³/mol. The van der Waals surface area contributed by atoms with Gasteiger partial charge >= 0.3 is 0 Å². The Labute approximate surface area is 144 Å². The second-order valence-corrected chi connectivity index (χ2v) is 6.11. The molecule has 1 amide bonds. The molecule has 2 aromatic carbocycles. The number of aliphatic hydroxyl groups excluding tert-OH is 1. The lowest BCUT2D eigenvalue weighted by molar-refractivity contribution is -0.120. The fourth-order valence-corrected chi connectivity index (χ4v) is 2.78. The van der Waals surface area contributed by atoms with Crippen molar-refractivity contribution in [2.45, 2.75) is 26.4 Å². The molecule has 0 unspecified atom stereocenters. The maximum Gasteiger partial charge on any atom is 0.241 e. The van der Waals surface area contributed by atoms with E-state index in [4.69, 9.17) is 0 Å². The Balaban J connectivity index is 2.10. The summed E-state index contributed by atoms with van der Waals surface area (Å²) < 4.78 is 0. The molecule has 0 aromatic heterocycles. The number of para-hydroxylation sites is 1. The van der Waals surface area contributed by atoms with Crippen molar-refractivity contribution in [3.63, 3.8) is 0 Å². The molecule has 0 bridgehead atoms. The van der Waals surface area contributed by atoms with Crippen molar-refractivity contribution < 1.29 is 9.90 Å². The first kappa shape index (κ1) is 18.2. The number of amides is 1. The summed E-state index contributed by atoms with van der Waals surface area (Å²) in [4.78, 5) is 16.7. The van der Waals surface area contributed by atoms with E-state index < -0.39 is 0 Å². The molecule has 4 nitrogen and oxygen atoms in total. The zero-order chi connectivity index (χ0) is 17.4. The zero-order valence-corrected chi connectivity index (χ0v) is 14.4. The Morgan fingerprint density at radius 1 is 1.00 bits per heavy atom. The number of rotatable bonds is 8. The van der Waals surface area contributed by atoms with Gasteiger partial charge in [0.15, 0.2) is 0 Å². The summed E-state index contributed by atoms with van der Waals surface area (Å²) in [7, 11) is 0. The monoisotopic (exact) mass is 326 g/mol. The fourth-order valence-electron chi connectivity index (χ4n) is 2.78. The molecule has 0 aliphatic carbocycles. The van der Waals surface area contributed by atoms with E-state index in [-0.39, 0.29) is 25.1 Å². The van der Waals surface area contributed by atoms with Crippen LogP contribution < -0.4 is 4.90 Å². The van der Waals surface area contributed by atoms with Crippen LogP contribution in [0.5, 0.6) is 0 Å². The number of carbonyl (C=O) groups excluding carboxylic acids is 1. The first-order valence-electron chi connectivity index (χ1n) is 8.36. The van der Waals surface area contributed by atoms with Gasteiger partial charge in [0, 0.05) is 24.8 Å². The zero-order valence-electron chi connectivity index (χ0n) is 14.4. The van der Waals surface area contributed by atoms with Gasteiger partial charge in [-0.15, -0.1) is 0 Å². The van der Waals surface area contributed by atoms with E-state index in [1.807, 2.05) is 84.3 Å². The molecule has 0 heterocycles. The molecule has 0 atom stereocenters. The van der Waals surface area contributed by atoms with Gasteiger partial charge in [-0.25, -0.2) is 0 Å². The summed E-state index contributed by atoms with van der Waals surface area (Å²) >= 11 is 0. The van der Waals surface area contributed by atoms with Crippen molar-refractivity contribution in [2.75, 3.05) is 24.6 Å². The summed E-state index contributed by atoms with van der Waals surface area (Å²) in [6, 6.07) is 19.8. The number of hydrogen-bond acceptors (Lipinski definition) is 3. The third-order valence-electron chi connectivity index (χ3n) is 3.84. The van der Waals surface area contributed by atoms with Gasteiger partial charge in [0.2, 0.25) is 5.91 Å². The average molecular weight is 326 g/mol. The van der Waals surface area contributed by atoms with Crippen molar-refractivity contribution in [3.05, 3.63) is 66.2 Å². The molecular formula is C20H26N2O2. The molecule has 0 radical (unpaired) electrons. The van der Waals surface area contributed by atoms with Crippen molar-refractivity contribution in [1.82, 2.24) is 4.90 Å². The van der Waals surface area contributed by atoms with Crippen molar-refractivity contribution in [1.29, 1.82) is 0 Å². The van der Waals surface area contributed by atoms with Gasteiger partial charge in [0.1, 0.15) is 0 Å². The maximum absolute atomic E-state index is 12.9. The van der Waals surface area contributed by atoms with E-state index in [9.17, 15) is 9.90 Å². The lowest BCUT2D eigenvalue weighted by atomic mass is 10.2. The molecule has 0 saturated carbocycles. The molecule has 2 aromatic rings. The van der Waals surface area contributed by atoms with Crippen molar-refractivity contribution in [2.24, 2.45) is 0 Å². The molecule has 0 aliphatic heterocycles. The Morgan fingerprint density at radius 3 is 2.12 bits per heavy atom. The maximum atomic E-state index is 12.9. The van der Waals surface area contributed by atoms with Crippen LogP contribution in [0, 0.1) is 0 Å². The van der Waals surface area contributed by atoms with Gasteiger partial charge < -0.3 is 10.0 Å². The van der Waals surface area contributed by atoms with Gasteiger partial charge in [-0.3, -0.25) is 9.69 Å². The molecule has 0 saturated heterocycles. The molecule has 2 rings (SSSR count). The fraction of sp³-hybridized carbons (Fsp3) is 0.350. The minimum Gasteiger partial charge on any atom is -0.395 e. The van der Waals surface area contributed by atoms with Gasteiger partial charge in [-0.1, -0.05) is 48.5 Å². The quantitative estimate of drug-likeness (QED) is 0.811. The standard InChI is InChI=1S/C20H26N2O2/c1-17(2)22(19-11-7-4-8-12-19)20(24)16-21(13-14-23)15-18-9-5-3-6-10-18/h3-12,17,23H,13-16H2,1-2H3. The molecular weight excluding hydrogens is 300 g/mol. The van der Waals surface area contributed by atoms with Crippen LogP contribution in [0.1, 0.15) is 19.4 Å². The molecule has 1 N–H and O–H groups in total. The van der Waals surface area contributed by atoms with Crippen LogP contribution in [0.4, 0.5) is 5.69 Å². The third kappa shape index (κ3) is 5.18. The van der Waals surface area contributed by atoms with E-state index in [0.717, 1.165) is 11.3 Å². The number of carbonyl (C=O) groups is 1. The molecule has 128 valence electrons. The van der Waals surface area contributed by atoms with Crippen molar-refractivity contribution >= 4 is 11.6 Å². The van der Waals surface area contributed by atoms with E-state index in [1.54, 1.807) is 0 Å². The third-order valence-corrected chi connectivity index (χ3v) is 3.84. The largest absolute Gasteiger partial charge is 0.395 e. The highest BCUT2D eigenvalue weighted by Gasteiger charge is 2.21. The number of nitrogens with zero attached hydrogens (tertiary/aromatic N) is 2. The second-order valence-electron chi connectivity index (χ2n) is 6.11. The van der Waals surface area contributed by atoms with Crippen LogP contribution >= 0.6 is 0 Å². The van der Waals surface area contributed by atoms with Crippen LogP contribution in [-0.4, -0.2) is 41.7 Å². The number of hydrogen-bond donors (Lipinski definition) is 1. The number of aliphatic hydroxyl groups is 1. The minimum absolute atomic E-state index is 0.0349. The Morgan fingerprint density at radius 2 is 1.58 bits per heavy atom. The molecule has 4 heteroatoms. The topological polar surface area (TPSA) is 43.8 Å². The number of anilines is 1. The highest BCUT2D eigenvalue weighted by molar-refractivity contribution is 5.95. The van der Waals surface area contributed by atoms with Crippen LogP contribution in [-0.2, 0) is 11.3 Å². The minimum atomic E-state index is 0.0349. The summed E-state index contributed by atoms with van der Waals surface area (Å²) in [6.45, 7) is 5.46. The van der Waals surface area contributed by atoms with Crippen LogP contribution in [0.2, 0.25) is 0 Å². The Bertz CT molecular complexity index is 614. The highest BCUT2D eigenvalue weighted by Crippen LogP contribution is 2.17. The normalized spacial score (nSPS) is 11.0. The van der Waals surface area contributed by atoms with E-state index in [2.05, 4.69) is 0 Å². The van der Waals surface area contributed by atoms with Crippen LogP contribution in [0.15, 0.2) is 60.7 Å². The Hall–Kier alpha value is -2.17. The Kier molecular flexibility index (Phi) is 6.97. The highest BCUT2D eigenvalue weighted by atomic mass is 16.3. The van der Waals surface area contributed by atoms with Gasteiger partial charge in [-0.05, 0) is 31.5 Å². The SMILES string of the molecule is CC(C)N(C(=O)CN(CCO)Cc1ccccc1)c1ccccc1. The number of benzene rings is 2. The molecule has 0 spiro atoms. The van der Waals surface area contributed by atoms with E-state index in [1.165, 1.54) is 0 Å². The molecule has 24 heavy (non-hydrogen) atoms. The van der Waals surface area contributed by atoms with Crippen LogP contribution in [0.3, 0.4) is 0 Å². The summed E-state index contributed by atoms with van der Waals surface area (Å²) in [5, 5.41) is 9.33. The first-order chi connectivity index (χ1) is 11.6. The lowest BCUT2D eigenvalue weighted by Gasteiger charge is -2.30.